The van der Waals surface area contributed by atoms with Gasteiger partial charge in [-0.2, -0.15) is 0 Å². The van der Waals surface area contributed by atoms with Crippen molar-refractivity contribution in [2.24, 2.45) is 5.92 Å². The van der Waals surface area contributed by atoms with Gasteiger partial charge in [-0.3, -0.25) is 4.90 Å². The lowest BCUT2D eigenvalue weighted by Crippen LogP contribution is -2.48. The van der Waals surface area contributed by atoms with E-state index in [1.54, 1.807) is 0 Å². The summed E-state index contributed by atoms with van der Waals surface area (Å²) in [4.78, 5) is 2.66. The summed E-state index contributed by atoms with van der Waals surface area (Å²) in [6.07, 6.45) is 4.24. The first kappa shape index (κ1) is 9.47. The van der Waals surface area contributed by atoms with Gasteiger partial charge < -0.3 is 4.74 Å². The number of rotatable bonds is 1. The van der Waals surface area contributed by atoms with Crippen molar-refractivity contribution in [1.29, 1.82) is 0 Å². The lowest BCUT2D eigenvalue weighted by Gasteiger charge is -2.37. The fourth-order valence-electron chi connectivity index (χ4n) is 2.76. The minimum Gasteiger partial charge on any atom is -0.379 e. The Balaban J connectivity index is 1.91. The van der Waals surface area contributed by atoms with Crippen LogP contribution in [0.4, 0.5) is 0 Å². The Kier molecular flexibility index (Phi) is 2.89. The van der Waals surface area contributed by atoms with Gasteiger partial charge >= 0.3 is 0 Å². The van der Waals surface area contributed by atoms with E-state index in [9.17, 15) is 0 Å². The van der Waals surface area contributed by atoms with Crippen molar-refractivity contribution < 1.29 is 4.74 Å². The quantitative estimate of drug-likeness (QED) is 0.615. The van der Waals surface area contributed by atoms with Crippen LogP contribution < -0.4 is 0 Å². The highest BCUT2D eigenvalue weighted by Gasteiger charge is 2.31. The summed E-state index contributed by atoms with van der Waals surface area (Å²) in [6, 6.07) is 1.50. The molecule has 1 aliphatic heterocycles. The molecule has 2 unspecified atom stereocenters. The zero-order valence-corrected chi connectivity index (χ0v) is 8.83. The molecule has 2 fully saturated rings. The second kappa shape index (κ2) is 3.97. The average molecular weight is 183 g/mol. The Labute approximate surface area is 81.3 Å². The van der Waals surface area contributed by atoms with Crippen LogP contribution >= 0.6 is 0 Å². The molecular weight excluding hydrogens is 162 g/mol. The van der Waals surface area contributed by atoms with Gasteiger partial charge in [-0.25, -0.2) is 0 Å². The van der Waals surface area contributed by atoms with Crippen molar-refractivity contribution in [1.82, 2.24) is 4.90 Å². The van der Waals surface area contributed by atoms with Crippen molar-refractivity contribution in [2.45, 2.75) is 45.2 Å². The predicted molar refractivity (Wildman–Crippen MR) is 53.8 cm³/mol. The van der Waals surface area contributed by atoms with Crippen molar-refractivity contribution >= 4 is 0 Å². The van der Waals surface area contributed by atoms with E-state index in [2.05, 4.69) is 18.7 Å². The standard InChI is InChI=1S/C11H21NO/c1-9-3-4-11(7-9)12-5-6-13-8-10(12)2/h9-11H,3-8H2,1-2H3/t9?,10-,11?/m1/s1. The molecule has 2 aliphatic rings. The van der Waals surface area contributed by atoms with Crippen LogP contribution in [-0.2, 0) is 4.74 Å². The third-order valence-corrected chi connectivity index (χ3v) is 3.56. The van der Waals surface area contributed by atoms with Gasteiger partial charge in [0.25, 0.3) is 0 Å². The Bertz CT molecular complexity index is 171. The maximum Gasteiger partial charge on any atom is 0.0619 e. The van der Waals surface area contributed by atoms with Crippen LogP contribution in [0.25, 0.3) is 0 Å². The van der Waals surface area contributed by atoms with Gasteiger partial charge in [-0.1, -0.05) is 6.92 Å². The van der Waals surface area contributed by atoms with Crippen LogP contribution in [0.15, 0.2) is 0 Å². The van der Waals surface area contributed by atoms with Gasteiger partial charge in [-0.05, 0) is 32.1 Å². The smallest absolute Gasteiger partial charge is 0.0619 e. The van der Waals surface area contributed by atoms with Crippen LogP contribution in [0, 0.1) is 5.92 Å². The summed E-state index contributed by atoms with van der Waals surface area (Å²) in [6.45, 7) is 7.70. The van der Waals surface area contributed by atoms with Gasteiger partial charge in [0, 0.05) is 18.6 Å². The molecule has 2 rings (SSSR count). The number of hydrogen-bond acceptors (Lipinski definition) is 2. The third-order valence-electron chi connectivity index (χ3n) is 3.56. The first-order chi connectivity index (χ1) is 6.27. The predicted octanol–water partition coefficient (Wildman–Crippen LogP) is 1.90. The molecule has 0 amide bonds. The van der Waals surface area contributed by atoms with Crippen LogP contribution in [0.2, 0.25) is 0 Å². The van der Waals surface area contributed by atoms with Crippen molar-refractivity contribution in [3.63, 3.8) is 0 Å². The van der Waals surface area contributed by atoms with E-state index in [0.29, 0.717) is 6.04 Å². The summed E-state index contributed by atoms with van der Waals surface area (Å²) in [5.41, 5.74) is 0. The second-order valence-electron chi connectivity index (χ2n) is 4.73. The second-order valence-corrected chi connectivity index (χ2v) is 4.73. The topological polar surface area (TPSA) is 12.5 Å². The van der Waals surface area contributed by atoms with Crippen LogP contribution in [0.5, 0.6) is 0 Å². The zero-order valence-electron chi connectivity index (χ0n) is 8.83. The number of morpholine rings is 1. The minimum atomic E-state index is 0.643. The molecule has 1 heterocycles. The molecule has 2 heteroatoms. The Morgan fingerprint density at radius 1 is 1.23 bits per heavy atom. The molecule has 0 aromatic carbocycles. The monoisotopic (exact) mass is 183 g/mol. The molecule has 76 valence electrons. The maximum atomic E-state index is 5.46. The highest BCUT2D eigenvalue weighted by Crippen LogP contribution is 2.30. The lowest BCUT2D eigenvalue weighted by molar-refractivity contribution is -0.0211. The van der Waals surface area contributed by atoms with Gasteiger partial charge in [0.1, 0.15) is 0 Å². The first-order valence-electron chi connectivity index (χ1n) is 5.61. The molecule has 13 heavy (non-hydrogen) atoms. The van der Waals surface area contributed by atoms with Crippen molar-refractivity contribution in [3.8, 4) is 0 Å². The normalized spacial score (nSPS) is 42.5. The zero-order chi connectivity index (χ0) is 9.26. The van der Waals surface area contributed by atoms with Gasteiger partial charge in [0.15, 0.2) is 0 Å². The molecule has 0 aromatic heterocycles. The summed E-state index contributed by atoms with van der Waals surface area (Å²) < 4.78 is 5.46. The Hall–Kier alpha value is -0.0800. The fourth-order valence-corrected chi connectivity index (χ4v) is 2.76. The highest BCUT2D eigenvalue weighted by atomic mass is 16.5. The van der Waals surface area contributed by atoms with Gasteiger partial charge in [-0.15, -0.1) is 0 Å². The van der Waals surface area contributed by atoms with E-state index < -0.39 is 0 Å². The largest absolute Gasteiger partial charge is 0.379 e. The molecule has 1 aliphatic carbocycles. The maximum absolute atomic E-state index is 5.46. The van der Waals surface area contributed by atoms with E-state index >= 15 is 0 Å². The minimum absolute atomic E-state index is 0.643. The van der Waals surface area contributed by atoms with E-state index in [4.69, 9.17) is 4.74 Å². The summed E-state index contributed by atoms with van der Waals surface area (Å²) in [5.74, 6) is 0.944. The number of hydrogen-bond donors (Lipinski definition) is 0. The van der Waals surface area contributed by atoms with Crippen LogP contribution in [0.3, 0.4) is 0 Å². The van der Waals surface area contributed by atoms with E-state index in [0.717, 1.165) is 31.7 Å². The number of nitrogens with zero attached hydrogens (tertiary/aromatic N) is 1. The molecule has 2 nitrogen and oxygen atoms in total. The Morgan fingerprint density at radius 2 is 2.08 bits per heavy atom. The highest BCUT2D eigenvalue weighted by molar-refractivity contribution is 4.85. The van der Waals surface area contributed by atoms with E-state index in [1.165, 1.54) is 19.3 Å². The molecule has 0 spiro atoms. The van der Waals surface area contributed by atoms with E-state index in [1.807, 2.05) is 0 Å². The molecule has 1 saturated carbocycles. The average Bonchev–Trinajstić information content (AvgIpc) is 2.53. The molecule has 0 radical (unpaired) electrons. The van der Waals surface area contributed by atoms with Gasteiger partial charge in [0.05, 0.1) is 13.2 Å². The molecule has 0 N–H and O–H groups in total. The molecule has 1 saturated heterocycles. The summed E-state index contributed by atoms with van der Waals surface area (Å²) in [7, 11) is 0. The van der Waals surface area contributed by atoms with Crippen LogP contribution in [-0.4, -0.2) is 36.7 Å². The third kappa shape index (κ3) is 2.05. The molecule has 0 bridgehead atoms. The van der Waals surface area contributed by atoms with E-state index in [-0.39, 0.29) is 0 Å². The Morgan fingerprint density at radius 3 is 2.69 bits per heavy atom. The van der Waals surface area contributed by atoms with Gasteiger partial charge in [0.2, 0.25) is 0 Å². The lowest BCUT2D eigenvalue weighted by atomic mass is 10.1. The van der Waals surface area contributed by atoms with Crippen LogP contribution in [0.1, 0.15) is 33.1 Å². The summed E-state index contributed by atoms with van der Waals surface area (Å²) >= 11 is 0. The first-order valence-corrected chi connectivity index (χ1v) is 5.61. The molecule has 0 aromatic rings. The fraction of sp³-hybridized carbons (Fsp3) is 1.00. The summed E-state index contributed by atoms with van der Waals surface area (Å²) in [5, 5.41) is 0. The van der Waals surface area contributed by atoms with Crippen molar-refractivity contribution in [2.75, 3.05) is 19.8 Å². The van der Waals surface area contributed by atoms with Crippen molar-refractivity contribution in [3.05, 3.63) is 0 Å². The molecule has 3 atom stereocenters. The SMILES string of the molecule is CC1CCC(N2CCOC[C@H]2C)C1. The number of ether oxygens (including phenoxy) is 1. The molecular formula is C11H21NO.